The molecule has 0 aromatic rings. The Morgan fingerprint density at radius 1 is 0.825 bits per heavy atom. The zero-order chi connectivity index (χ0) is 39.3. The number of amides is 3. The first-order valence-electron chi connectivity index (χ1n) is 23.2. The van der Waals surface area contributed by atoms with Crippen molar-refractivity contribution in [1.82, 2.24) is 20.4 Å². The normalized spacial score (nSPS) is 43.0. The summed E-state index contributed by atoms with van der Waals surface area (Å²) >= 11 is 1.77. The van der Waals surface area contributed by atoms with Crippen LogP contribution >= 0.6 is 11.8 Å². The third-order valence-corrected chi connectivity index (χ3v) is 17.9. The van der Waals surface area contributed by atoms with Gasteiger partial charge in [-0.25, -0.2) is 9.69 Å². The average molecular weight is 813 g/mol. The molecule has 4 heterocycles. The average Bonchev–Trinajstić information content (AvgIpc) is 3.87. The molecule has 318 valence electrons. The second kappa shape index (κ2) is 17.2. The van der Waals surface area contributed by atoms with E-state index in [9.17, 15) is 9.90 Å². The number of likely N-dealkylation sites (tertiary alicyclic amines) is 1. The van der Waals surface area contributed by atoms with Crippen LogP contribution in [0.4, 0.5) is 4.79 Å². The van der Waals surface area contributed by atoms with E-state index < -0.39 is 41.7 Å². The highest BCUT2D eigenvalue weighted by Gasteiger charge is 2.79. The van der Waals surface area contributed by atoms with Crippen LogP contribution in [0.3, 0.4) is 0 Å². The zero-order valence-corrected chi connectivity index (χ0v) is 35.0. The van der Waals surface area contributed by atoms with Crippen LogP contribution in [0.2, 0.25) is 0 Å². The van der Waals surface area contributed by atoms with Crippen molar-refractivity contribution >= 4 is 35.6 Å². The lowest BCUT2D eigenvalue weighted by atomic mass is 9.56. The number of ether oxygens (including phenoxy) is 3. The highest BCUT2D eigenvalue weighted by molar-refractivity contribution is 8.00. The second-order valence-corrected chi connectivity index (χ2v) is 20.7. The van der Waals surface area contributed by atoms with Crippen LogP contribution in [-0.2, 0) is 28.6 Å². The van der Waals surface area contributed by atoms with Gasteiger partial charge in [0.15, 0.2) is 0 Å². The molecule has 3 N–H and O–H groups in total. The quantitative estimate of drug-likeness (QED) is 0.200. The van der Waals surface area contributed by atoms with E-state index in [1.165, 1.54) is 30.6 Å². The fourth-order valence-electron chi connectivity index (χ4n) is 14.2. The molecule has 5 unspecified atom stereocenters. The molecule has 13 heteroatoms. The molecule has 57 heavy (non-hydrogen) atoms. The lowest BCUT2D eigenvalue weighted by molar-refractivity contribution is -0.190. The number of hydrogen-bond donors (Lipinski definition) is 3. The van der Waals surface area contributed by atoms with Crippen molar-refractivity contribution < 1.29 is 38.5 Å². The van der Waals surface area contributed by atoms with Gasteiger partial charge in [-0.05, 0) is 101 Å². The monoisotopic (exact) mass is 812 g/mol. The van der Waals surface area contributed by atoms with E-state index in [0.29, 0.717) is 49.8 Å². The number of carbonyl (C=O) groups is 4. The smallest absolute Gasteiger partial charge is 0.416 e. The number of aliphatic hydroxyl groups is 1. The molecular formula is C44H68N4O8S. The largest absolute Gasteiger partial charge is 0.459 e. The van der Waals surface area contributed by atoms with Crippen molar-refractivity contribution in [2.75, 3.05) is 20.3 Å². The molecule has 11 atom stereocenters. The van der Waals surface area contributed by atoms with Crippen LogP contribution in [0.15, 0.2) is 0 Å². The molecule has 0 aromatic heterocycles. The summed E-state index contributed by atoms with van der Waals surface area (Å²) in [5.41, 5.74) is -1.66. The predicted octanol–water partition coefficient (Wildman–Crippen LogP) is 5.88. The van der Waals surface area contributed by atoms with Gasteiger partial charge >= 0.3 is 12.1 Å². The Labute approximate surface area is 343 Å². The highest BCUT2D eigenvalue weighted by atomic mass is 32.2. The molecular weight excluding hydrogens is 745 g/mol. The lowest BCUT2D eigenvalue weighted by Gasteiger charge is -2.54. The number of imide groups is 1. The molecule has 5 aliphatic carbocycles. The van der Waals surface area contributed by atoms with Gasteiger partial charge in [0.05, 0.1) is 30.1 Å². The summed E-state index contributed by atoms with van der Waals surface area (Å²) in [6.45, 7) is 0.241. The van der Waals surface area contributed by atoms with Gasteiger partial charge in [-0.2, -0.15) is 0 Å². The van der Waals surface area contributed by atoms with Crippen molar-refractivity contribution in [2.45, 2.75) is 194 Å². The highest BCUT2D eigenvalue weighted by Crippen LogP contribution is 2.65. The zero-order valence-electron chi connectivity index (χ0n) is 34.2. The Morgan fingerprint density at radius 3 is 2.21 bits per heavy atom. The molecule has 0 aromatic carbocycles. The van der Waals surface area contributed by atoms with Gasteiger partial charge in [-0.1, -0.05) is 64.2 Å². The maximum atomic E-state index is 16.1. The number of carbonyl (C=O) groups excluding carboxylic acids is 4. The molecule has 1 spiro atoms. The fraction of sp³-hybridized carbons (Fsp3) is 0.909. The number of nitrogens with one attached hydrogen (secondary N) is 2. The Bertz CT molecular complexity index is 1470. The molecule has 5 saturated carbocycles. The van der Waals surface area contributed by atoms with Crippen molar-refractivity contribution in [3.05, 3.63) is 0 Å². The first-order valence-corrected chi connectivity index (χ1v) is 24.1. The van der Waals surface area contributed by atoms with Gasteiger partial charge < -0.3 is 24.6 Å². The number of cyclic esters (lactones) is 1. The Morgan fingerprint density at radius 2 is 1.49 bits per heavy atom. The van der Waals surface area contributed by atoms with Gasteiger partial charge in [-0.15, -0.1) is 11.8 Å². The van der Waals surface area contributed by atoms with Crippen molar-refractivity contribution in [1.29, 1.82) is 0 Å². The molecule has 0 bridgehead atoms. The van der Waals surface area contributed by atoms with E-state index in [1.807, 2.05) is 0 Å². The van der Waals surface area contributed by atoms with E-state index in [1.54, 1.807) is 18.9 Å². The summed E-state index contributed by atoms with van der Waals surface area (Å²) < 4.78 is 17.8. The number of rotatable bonds is 8. The Kier molecular flexibility index (Phi) is 12.2. The standard InChI is InChI=1S/C44H68N4O8S/c1-54-24-25-55-43(53)47-32-18-10-8-16-30(32)44(41(47)52)34(39(50)46-42-45-31-17-9-11-19-33(31)57-42)36-40(51)56-37(27-14-6-3-7-15-27)35(26-12-4-2-5-13-26)48(36)38(44)28-20-22-29(49)23-21-28/h26-38,42,45,49H,2-25H2,1H3,(H,46,50)/t28?,29?,30?,31?,32?,33?,34-,35-,36-,37+,38+,42?,44-/m0/s1. The maximum absolute atomic E-state index is 16.1. The molecule has 0 radical (unpaired) electrons. The lowest BCUT2D eigenvalue weighted by Crippen LogP contribution is -2.66. The van der Waals surface area contributed by atoms with E-state index in [0.717, 1.165) is 77.0 Å². The minimum absolute atomic E-state index is 0.0260. The van der Waals surface area contributed by atoms with Gasteiger partial charge in [0.1, 0.15) is 24.3 Å². The fourth-order valence-corrected chi connectivity index (χ4v) is 15.7. The summed E-state index contributed by atoms with van der Waals surface area (Å²) in [5.74, 6) is -1.82. The Balaban J connectivity index is 1.20. The molecule has 12 nitrogen and oxygen atoms in total. The van der Waals surface area contributed by atoms with Gasteiger partial charge in [0.2, 0.25) is 11.8 Å². The number of hydrogen-bond acceptors (Lipinski definition) is 11. The Hall–Kier alpha value is -1.93. The SMILES string of the molecule is COCCOC(=O)N1C(=O)[C@@]2(C3CCCCC31)[C@H](C(=O)NC1NC3CCCCC3S1)[C@H]1C(=O)O[C@H](C3CCCCC3)[C@H](C3CCCCC3)N1[C@@H]2C1CCC(O)CC1. The van der Waals surface area contributed by atoms with E-state index >= 15 is 14.4 Å². The van der Waals surface area contributed by atoms with Gasteiger partial charge in [-0.3, -0.25) is 24.6 Å². The number of nitrogens with zero attached hydrogens (tertiary/aromatic N) is 2. The van der Waals surface area contributed by atoms with Crippen molar-refractivity contribution in [3.8, 4) is 0 Å². The number of fused-ring (bicyclic) bond motifs is 4. The first kappa shape index (κ1) is 40.5. The number of aliphatic hydroxyl groups excluding tert-OH is 1. The summed E-state index contributed by atoms with van der Waals surface area (Å²) in [6, 6.07) is -1.59. The van der Waals surface area contributed by atoms with Crippen molar-refractivity contribution in [3.63, 3.8) is 0 Å². The molecule has 4 saturated heterocycles. The molecule has 3 amide bonds. The molecule has 9 aliphatic rings. The van der Waals surface area contributed by atoms with Crippen LogP contribution in [-0.4, -0.2) is 112 Å². The minimum atomic E-state index is -1.34. The number of esters is 1. The van der Waals surface area contributed by atoms with E-state index in [-0.39, 0.29) is 72.3 Å². The van der Waals surface area contributed by atoms with Gasteiger partial charge in [0, 0.05) is 30.5 Å². The summed E-state index contributed by atoms with van der Waals surface area (Å²) in [6.07, 6.45) is 19.9. The molecule has 9 fully saturated rings. The maximum Gasteiger partial charge on any atom is 0.416 e. The number of thioether (sulfide) groups is 1. The number of morpholine rings is 1. The molecule has 9 rings (SSSR count). The summed E-state index contributed by atoms with van der Waals surface area (Å²) in [5, 5.41) is 18.5. The first-order chi connectivity index (χ1) is 27.8. The van der Waals surface area contributed by atoms with Crippen LogP contribution in [0.25, 0.3) is 0 Å². The third kappa shape index (κ3) is 7.16. The van der Waals surface area contributed by atoms with Crippen molar-refractivity contribution in [2.24, 2.45) is 35.0 Å². The third-order valence-electron chi connectivity index (χ3n) is 16.5. The minimum Gasteiger partial charge on any atom is -0.459 e. The molecule has 4 aliphatic heterocycles. The van der Waals surface area contributed by atoms with Crippen LogP contribution in [0.5, 0.6) is 0 Å². The van der Waals surface area contributed by atoms with Crippen LogP contribution in [0, 0.1) is 35.0 Å². The van der Waals surface area contributed by atoms with Gasteiger partial charge in [0.25, 0.3) is 0 Å². The van der Waals surface area contributed by atoms with E-state index in [2.05, 4.69) is 15.5 Å². The van der Waals surface area contributed by atoms with Crippen LogP contribution < -0.4 is 10.6 Å². The topological polar surface area (TPSA) is 147 Å². The van der Waals surface area contributed by atoms with Crippen LogP contribution in [0.1, 0.15) is 141 Å². The second-order valence-electron chi connectivity index (χ2n) is 19.4. The summed E-state index contributed by atoms with van der Waals surface area (Å²) in [4.78, 5) is 65.2. The predicted molar refractivity (Wildman–Crippen MR) is 215 cm³/mol. The number of methoxy groups -OCH3 is 1. The summed E-state index contributed by atoms with van der Waals surface area (Å²) in [7, 11) is 1.56. The van der Waals surface area contributed by atoms with E-state index in [4.69, 9.17) is 14.2 Å².